The molecule has 0 unspecified atom stereocenters. The molecule has 4 nitrogen and oxygen atoms in total. The summed E-state index contributed by atoms with van der Waals surface area (Å²) >= 11 is 12.0. The van der Waals surface area contributed by atoms with Gasteiger partial charge in [-0.15, -0.1) is 0 Å². The summed E-state index contributed by atoms with van der Waals surface area (Å²) in [5, 5.41) is 8.10. The number of aromatic nitrogens is 2. The second-order valence-electron chi connectivity index (χ2n) is 3.15. The molecule has 0 bridgehead atoms. The van der Waals surface area contributed by atoms with Crippen LogP contribution in [0, 0.1) is 0 Å². The van der Waals surface area contributed by atoms with E-state index >= 15 is 0 Å². The highest BCUT2D eigenvalue weighted by Crippen LogP contribution is 2.23. The van der Waals surface area contributed by atoms with Crippen molar-refractivity contribution in [2.75, 3.05) is 0 Å². The van der Waals surface area contributed by atoms with Gasteiger partial charge in [0.05, 0.1) is 6.54 Å². The number of nitrogens with zero attached hydrogens (tertiary/aromatic N) is 2. The first-order valence-electron chi connectivity index (χ1n) is 4.66. The van der Waals surface area contributed by atoms with E-state index in [1.165, 1.54) is 6.39 Å². The Morgan fingerprint density at radius 3 is 2.56 bits per heavy atom. The van der Waals surface area contributed by atoms with Crippen molar-refractivity contribution >= 4 is 23.2 Å². The number of nitrogens with one attached hydrogen (secondary N) is 1. The molecule has 0 aliphatic carbocycles. The molecule has 0 amide bonds. The average Bonchev–Trinajstić information content (AvgIpc) is 2.75. The largest absolute Gasteiger partial charge is 0.343 e. The standard InChI is InChI=1S/C10H9Cl2N3O/c11-8-2-1-3-9(12)7(8)4-13-5-10-14-6-16-15-10/h1-3,6,13H,4-5H2. The number of benzene rings is 1. The summed E-state index contributed by atoms with van der Waals surface area (Å²) in [5.74, 6) is 0.600. The number of rotatable bonds is 4. The molecular formula is C10H9Cl2N3O. The number of hydrogen-bond donors (Lipinski definition) is 1. The van der Waals surface area contributed by atoms with E-state index in [1.54, 1.807) is 12.1 Å². The molecule has 1 heterocycles. The molecule has 16 heavy (non-hydrogen) atoms. The van der Waals surface area contributed by atoms with Gasteiger partial charge in [0.15, 0.2) is 5.82 Å². The molecule has 0 saturated carbocycles. The lowest BCUT2D eigenvalue weighted by Crippen LogP contribution is -2.14. The number of hydrogen-bond acceptors (Lipinski definition) is 4. The van der Waals surface area contributed by atoms with Crippen LogP contribution in [-0.4, -0.2) is 10.1 Å². The molecule has 84 valence electrons. The van der Waals surface area contributed by atoms with Crippen molar-refractivity contribution in [1.29, 1.82) is 0 Å². The van der Waals surface area contributed by atoms with Gasteiger partial charge in [0.1, 0.15) is 0 Å². The van der Waals surface area contributed by atoms with E-state index < -0.39 is 0 Å². The second-order valence-corrected chi connectivity index (χ2v) is 3.97. The van der Waals surface area contributed by atoms with Crippen molar-refractivity contribution < 1.29 is 4.52 Å². The molecule has 1 aromatic carbocycles. The van der Waals surface area contributed by atoms with E-state index in [-0.39, 0.29) is 0 Å². The van der Waals surface area contributed by atoms with Crippen LogP contribution in [0.15, 0.2) is 29.1 Å². The highest BCUT2D eigenvalue weighted by molar-refractivity contribution is 6.35. The summed E-state index contributed by atoms with van der Waals surface area (Å²) in [6, 6.07) is 5.42. The van der Waals surface area contributed by atoms with Crippen LogP contribution in [0.4, 0.5) is 0 Å². The molecule has 1 aromatic heterocycles. The van der Waals surface area contributed by atoms with Crippen LogP contribution >= 0.6 is 23.2 Å². The van der Waals surface area contributed by atoms with Gasteiger partial charge >= 0.3 is 0 Å². The normalized spacial score (nSPS) is 10.6. The molecular weight excluding hydrogens is 249 g/mol. The Morgan fingerprint density at radius 1 is 1.19 bits per heavy atom. The summed E-state index contributed by atoms with van der Waals surface area (Å²) < 4.78 is 4.61. The molecule has 0 radical (unpaired) electrons. The van der Waals surface area contributed by atoms with Crippen LogP contribution in [0.5, 0.6) is 0 Å². The van der Waals surface area contributed by atoms with E-state index in [4.69, 9.17) is 23.2 Å². The van der Waals surface area contributed by atoms with E-state index in [1.807, 2.05) is 6.07 Å². The fourth-order valence-corrected chi connectivity index (χ4v) is 1.80. The molecule has 2 rings (SSSR count). The monoisotopic (exact) mass is 257 g/mol. The van der Waals surface area contributed by atoms with Gasteiger partial charge in [-0.05, 0) is 12.1 Å². The first-order chi connectivity index (χ1) is 7.77. The maximum absolute atomic E-state index is 6.02. The van der Waals surface area contributed by atoms with Gasteiger partial charge in [0, 0.05) is 22.2 Å². The number of halogens is 2. The molecule has 2 aromatic rings. The third-order valence-corrected chi connectivity index (χ3v) is 2.76. The molecule has 0 spiro atoms. The van der Waals surface area contributed by atoms with Gasteiger partial charge in [-0.25, -0.2) is 0 Å². The first kappa shape index (κ1) is 11.4. The Bertz CT molecular complexity index is 439. The lowest BCUT2D eigenvalue weighted by atomic mass is 10.2. The Morgan fingerprint density at radius 2 is 1.94 bits per heavy atom. The minimum absolute atomic E-state index is 0.512. The van der Waals surface area contributed by atoms with Gasteiger partial charge < -0.3 is 9.84 Å². The lowest BCUT2D eigenvalue weighted by molar-refractivity contribution is 0.407. The van der Waals surface area contributed by atoms with Crippen LogP contribution < -0.4 is 5.32 Å². The summed E-state index contributed by atoms with van der Waals surface area (Å²) in [4.78, 5) is 3.89. The molecule has 0 aliphatic heterocycles. The lowest BCUT2D eigenvalue weighted by Gasteiger charge is -2.06. The highest BCUT2D eigenvalue weighted by Gasteiger charge is 2.05. The van der Waals surface area contributed by atoms with Gasteiger partial charge in [-0.2, -0.15) is 4.98 Å². The molecule has 6 heteroatoms. The van der Waals surface area contributed by atoms with Crippen LogP contribution in [0.2, 0.25) is 10.0 Å². The maximum atomic E-state index is 6.02. The zero-order valence-corrected chi connectivity index (χ0v) is 9.79. The zero-order valence-electron chi connectivity index (χ0n) is 8.28. The Kier molecular flexibility index (Phi) is 3.77. The van der Waals surface area contributed by atoms with Crippen molar-refractivity contribution in [1.82, 2.24) is 15.5 Å². The summed E-state index contributed by atoms with van der Waals surface area (Å²) in [7, 11) is 0. The predicted molar refractivity (Wildman–Crippen MR) is 61.3 cm³/mol. The van der Waals surface area contributed by atoms with Crippen molar-refractivity contribution in [3.8, 4) is 0 Å². The molecule has 1 N–H and O–H groups in total. The van der Waals surface area contributed by atoms with Gasteiger partial charge in [0.2, 0.25) is 6.39 Å². The molecule has 0 atom stereocenters. The van der Waals surface area contributed by atoms with E-state index in [2.05, 4.69) is 20.0 Å². The topological polar surface area (TPSA) is 51.0 Å². The Labute approximate surface area is 103 Å². The predicted octanol–water partition coefficient (Wildman–Crippen LogP) is 2.67. The van der Waals surface area contributed by atoms with Crippen molar-refractivity contribution in [3.63, 3.8) is 0 Å². The fraction of sp³-hybridized carbons (Fsp3) is 0.200. The zero-order chi connectivity index (χ0) is 11.4. The fourth-order valence-electron chi connectivity index (χ4n) is 1.27. The average molecular weight is 258 g/mol. The van der Waals surface area contributed by atoms with Gasteiger partial charge in [-0.1, -0.05) is 34.4 Å². The third-order valence-electron chi connectivity index (χ3n) is 2.05. The van der Waals surface area contributed by atoms with E-state index in [0.29, 0.717) is 29.0 Å². The summed E-state index contributed by atoms with van der Waals surface area (Å²) in [6.45, 7) is 1.07. The van der Waals surface area contributed by atoms with Crippen LogP contribution in [0.1, 0.15) is 11.4 Å². The maximum Gasteiger partial charge on any atom is 0.213 e. The minimum Gasteiger partial charge on any atom is -0.343 e. The van der Waals surface area contributed by atoms with E-state index in [0.717, 1.165) is 5.56 Å². The minimum atomic E-state index is 0.512. The first-order valence-corrected chi connectivity index (χ1v) is 5.42. The Balaban J connectivity index is 1.95. The molecule has 0 saturated heterocycles. The highest BCUT2D eigenvalue weighted by atomic mass is 35.5. The molecule has 0 fully saturated rings. The SMILES string of the molecule is Clc1cccc(Cl)c1CNCc1ncon1. The van der Waals surface area contributed by atoms with Crippen LogP contribution in [-0.2, 0) is 13.1 Å². The van der Waals surface area contributed by atoms with Gasteiger partial charge in [0.25, 0.3) is 0 Å². The van der Waals surface area contributed by atoms with Crippen LogP contribution in [0.25, 0.3) is 0 Å². The Hall–Kier alpha value is -1.10. The third kappa shape index (κ3) is 2.72. The van der Waals surface area contributed by atoms with E-state index in [9.17, 15) is 0 Å². The smallest absolute Gasteiger partial charge is 0.213 e. The second kappa shape index (κ2) is 5.30. The molecule has 0 aliphatic rings. The van der Waals surface area contributed by atoms with Crippen molar-refractivity contribution in [2.45, 2.75) is 13.1 Å². The van der Waals surface area contributed by atoms with Crippen molar-refractivity contribution in [2.24, 2.45) is 0 Å². The quantitative estimate of drug-likeness (QED) is 0.915. The van der Waals surface area contributed by atoms with Gasteiger partial charge in [-0.3, -0.25) is 0 Å². The van der Waals surface area contributed by atoms with Crippen molar-refractivity contribution in [3.05, 3.63) is 46.0 Å². The van der Waals surface area contributed by atoms with Crippen LogP contribution in [0.3, 0.4) is 0 Å². The summed E-state index contributed by atoms with van der Waals surface area (Å²) in [6.07, 6.45) is 1.29. The summed E-state index contributed by atoms with van der Waals surface area (Å²) in [5.41, 5.74) is 0.870.